The van der Waals surface area contributed by atoms with Crippen LogP contribution in [0.15, 0.2) is 53.7 Å². The van der Waals surface area contributed by atoms with Gasteiger partial charge in [-0.1, -0.05) is 12.1 Å². The zero-order valence-electron chi connectivity index (χ0n) is 15.0. The zero-order chi connectivity index (χ0) is 19.1. The summed E-state index contributed by atoms with van der Waals surface area (Å²) >= 11 is 0. The predicted molar refractivity (Wildman–Crippen MR) is 106 cm³/mol. The largest absolute Gasteiger partial charge is 0.396 e. The molecule has 0 bridgehead atoms. The number of pyridine rings is 2. The van der Waals surface area contributed by atoms with E-state index in [2.05, 4.69) is 15.0 Å². The first kappa shape index (κ1) is 16.8. The molecule has 5 N–H and O–H groups in total. The van der Waals surface area contributed by atoms with E-state index in [0.717, 1.165) is 33.1 Å². The highest BCUT2D eigenvalue weighted by atomic mass is 16.1. The van der Waals surface area contributed by atoms with Gasteiger partial charge in [-0.05, 0) is 23.8 Å². The van der Waals surface area contributed by atoms with Crippen molar-refractivity contribution in [1.29, 1.82) is 0 Å². The molecular weight excluding hydrogens is 342 g/mol. The molecule has 1 aromatic carbocycles. The average Bonchev–Trinajstić information content (AvgIpc) is 2.95. The molecule has 136 valence electrons. The highest BCUT2D eigenvalue weighted by Crippen LogP contribution is 2.27. The Kier molecular flexibility index (Phi) is 3.89. The number of aromatic nitrogens is 4. The maximum Gasteiger partial charge on any atom is 0.326 e. The number of H-pyrrole nitrogens is 1. The van der Waals surface area contributed by atoms with Gasteiger partial charge in [-0.15, -0.1) is 0 Å². The van der Waals surface area contributed by atoms with Crippen molar-refractivity contribution in [1.82, 2.24) is 24.5 Å². The minimum Gasteiger partial charge on any atom is -0.396 e. The van der Waals surface area contributed by atoms with Crippen molar-refractivity contribution in [3.05, 3.63) is 65.1 Å². The van der Waals surface area contributed by atoms with E-state index in [4.69, 9.17) is 11.6 Å². The van der Waals surface area contributed by atoms with Gasteiger partial charge in [0.2, 0.25) is 0 Å². The van der Waals surface area contributed by atoms with Gasteiger partial charge in [0.1, 0.15) is 0 Å². The van der Waals surface area contributed by atoms with Crippen LogP contribution in [0, 0.1) is 0 Å². The number of nitrogens with two attached hydrogens (primary N) is 2. The maximum absolute atomic E-state index is 12.0. The van der Waals surface area contributed by atoms with Crippen LogP contribution < -0.4 is 17.3 Å². The lowest BCUT2D eigenvalue weighted by molar-refractivity contribution is 0.485. The molecule has 4 rings (SSSR count). The number of nitrogens with zero attached hydrogens (tertiary/aromatic N) is 4. The third-order valence-electron chi connectivity index (χ3n) is 4.48. The summed E-state index contributed by atoms with van der Waals surface area (Å²) in [6, 6.07) is 9.71. The van der Waals surface area contributed by atoms with Crippen LogP contribution in [0.2, 0.25) is 0 Å². The molecule has 27 heavy (non-hydrogen) atoms. The average molecular weight is 361 g/mol. The topological polar surface area (TPSA) is 119 Å². The molecule has 0 atom stereocenters. The second-order valence-electron chi connectivity index (χ2n) is 6.42. The fourth-order valence-electron chi connectivity index (χ4n) is 3.07. The summed E-state index contributed by atoms with van der Waals surface area (Å²) in [6.45, 7) is 0. The summed E-state index contributed by atoms with van der Waals surface area (Å²) in [5.74, 6) is 5.58. The highest BCUT2D eigenvalue weighted by Gasteiger charge is 2.10. The molecule has 3 aromatic heterocycles. The van der Waals surface area contributed by atoms with Crippen molar-refractivity contribution in [2.75, 3.05) is 7.05 Å². The Labute approximate surface area is 154 Å². The number of aryl methyl sites for hydroxylation is 1. The molecule has 0 amide bonds. The second-order valence-corrected chi connectivity index (χ2v) is 6.42. The fourth-order valence-corrected chi connectivity index (χ4v) is 3.07. The first-order chi connectivity index (χ1) is 12.9. The summed E-state index contributed by atoms with van der Waals surface area (Å²) in [5, 5.41) is 2.27. The number of fused-ring (bicyclic) bond motifs is 3. The van der Waals surface area contributed by atoms with Gasteiger partial charge in [0.25, 0.3) is 0 Å². The first-order valence-electron chi connectivity index (χ1n) is 8.33. The molecule has 0 aliphatic carbocycles. The summed E-state index contributed by atoms with van der Waals surface area (Å²) < 4.78 is 1.55. The number of benzene rings is 1. The van der Waals surface area contributed by atoms with E-state index < -0.39 is 0 Å². The highest BCUT2D eigenvalue weighted by molar-refractivity contribution is 6.03. The van der Waals surface area contributed by atoms with Gasteiger partial charge < -0.3 is 15.7 Å². The molecule has 8 heteroatoms. The Morgan fingerprint density at radius 1 is 1.19 bits per heavy atom. The van der Waals surface area contributed by atoms with Crippen molar-refractivity contribution < 1.29 is 0 Å². The van der Waals surface area contributed by atoms with Crippen LogP contribution in [0.1, 0.15) is 5.69 Å². The monoisotopic (exact) mass is 361 g/mol. The van der Waals surface area contributed by atoms with E-state index >= 15 is 0 Å². The standard InChI is InChI=1S/C19H19N7O/c1-25(21)10-14(20)16-6-4-12(8-22-16)11-3-5-15-13(7-11)18-17(9-23-15)26(2)19(27)24-18/h3-10H,20-21H2,1-2H3,(H,24,27)/b14-10-. The molecule has 0 spiro atoms. The lowest BCUT2D eigenvalue weighted by atomic mass is 10.0. The Morgan fingerprint density at radius 3 is 2.67 bits per heavy atom. The Hall–Kier alpha value is -3.65. The number of hydrogen-bond donors (Lipinski definition) is 3. The van der Waals surface area contributed by atoms with Crippen LogP contribution in [0.5, 0.6) is 0 Å². The lowest BCUT2D eigenvalue weighted by Crippen LogP contribution is -2.20. The normalized spacial score (nSPS) is 12.0. The Bertz CT molecular complexity index is 1230. The number of nitrogens with one attached hydrogen (secondary N) is 1. The van der Waals surface area contributed by atoms with Gasteiger partial charge in [-0.3, -0.25) is 14.5 Å². The number of hydrazine groups is 1. The number of imidazole rings is 1. The van der Waals surface area contributed by atoms with Crippen LogP contribution in [0.3, 0.4) is 0 Å². The predicted octanol–water partition coefficient (Wildman–Crippen LogP) is 1.54. The van der Waals surface area contributed by atoms with Crippen LogP contribution in [-0.4, -0.2) is 31.6 Å². The molecule has 0 saturated heterocycles. The molecular formula is C19H19N7O. The summed E-state index contributed by atoms with van der Waals surface area (Å²) in [6.07, 6.45) is 5.07. The lowest BCUT2D eigenvalue weighted by Gasteiger charge is -2.09. The van der Waals surface area contributed by atoms with E-state index in [1.807, 2.05) is 30.3 Å². The number of aromatic amines is 1. The summed E-state index contributed by atoms with van der Waals surface area (Å²) in [7, 11) is 3.41. The maximum atomic E-state index is 12.0. The van der Waals surface area contributed by atoms with Gasteiger partial charge in [0.05, 0.1) is 34.1 Å². The van der Waals surface area contributed by atoms with E-state index in [1.165, 1.54) is 5.01 Å². The zero-order valence-corrected chi connectivity index (χ0v) is 15.0. The van der Waals surface area contributed by atoms with Gasteiger partial charge in [-0.2, -0.15) is 0 Å². The minimum atomic E-state index is -0.164. The van der Waals surface area contributed by atoms with Crippen LogP contribution in [-0.2, 0) is 7.05 Å². The molecule has 0 aliphatic heterocycles. The molecule has 4 aromatic rings. The molecule has 0 unspecified atom stereocenters. The minimum absolute atomic E-state index is 0.164. The Morgan fingerprint density at radius 2 is 1.96 bits per heavy atom. The molecule has 8 nitrogen and oxygen atoms in total. The van der Waals surface area contributed by atoms with Crippen LogP contribution >= 0.6 is 0 Å². The van der Waals surface area contributed by atoms with Crippen molar-refractivity contribution in [2.24, 2.45) is 18.6 Å². The SMILES string of the molecule is CN(N)/C=C(\N)c1ccc(-c2ccc3ncc4c([nH]c(=O)n4C)c3c2)cn1. The first-order valence-corrected chi connectivity index (χ1v) is 8.33. The van der Waals surface area contributed by atoms with Crippen molar-refractivity contribution in [2.45, 2.75) is 0 Å². The van der Waals surface area contributed by atoms with Crippen LogP contribution in [0.4, 0.5) is 0 Å². The van der Waals surface area contributed by atoms with Gasteiger partial charge >= 0.3 is 5.69 Å². The van der Waals surface area contributed by atoms with E-state index in [1.54, 1.807) is 37.3 Å². The van der Waals surface area contributed by atoms with E-state index in [-0.39, 0.29) is 5.69 Å². The quantitative estimate of drug-likeness (QED) is 0.376. The van der Waals surface area contributed by atoms with Gasteiger partial charge in [0.15, 0.2) is 0 Å². The van der Waals surface area contributed by atoms with Crippen molar-refractivity contribution >= 4 is 27.6 Å². The second kappa shape index (κ2) is 6.26. The molecule has 0 radical (unpaired) electrons. The molecule has 3 heterocycles. The van der Waals surface area contributed by atoms with Crippen LogP contribution in [0.25, 0.3) is 38.8 Å². The molecule has 0 aliphatic rings. The molecule has 0 saturated carbocycles. The number of rotatable bonds is 3. The number of hydrogen-bond acceptors (Lipinski definition) is 6. The smallest absolute Gasteiger partial charge is 0.326 e. The third kappa shape index (κ3) is 2.91. The summed E-state index contributed by atoms with van der Waals surface area (Å²) in [4.78, 5) is 23.7. The van der Waals surface area contributed by atoms with Gasteiger partial charge in [-0.25, -0.2) is 10.6 Å². The third-order valence-corrected chi connectivity index (χ3v) is 4.48. The van der Waals surface area contributed by atoms with Crippen molar-refractivity contribution in [3.8, 4) is 11.1 Å². The van der Waals surface area contributed by atoms with E-state index in [0.29, 0.717) is 11.4 Å². The molecule has 0 fully saturated rings. The Balaban J connectivity index is 1.81. The van der Waals surface area contributed by atoms with Crippen molar-refractivity contribution in [3.63, 3.8) is 0 Å². The van der Waals surface area contributed by atoms with Gasteiger partial charge in [0, 0.05) is 37.4 Å². The van der Waals surface area contributed by atoms with E-state index in [9.17, 15) is 4.79 Å². The fraction of sp³-hybridized carbons (Fsp3) is 0.105. The summed E-state index contributed by atoms with van der Waals surface area (Å²) in [5.41, 5.74) is 11.2.